The third-order valence-electron chi connectivity index (χ3n) is 3.92. The van der Waals surface area contributed by atoms with Gasteiger partial charge in [0.05, 0.1) is 6.21 Å². The van der Waals surface area contributed by atoms with Gasteiger partial charge < -0.3 is 9.47 Å². The molecule has 0 spiro atoms. The zero-order valence-corrected chi connectivity index (χ0v) is 12.3. The van der Waals surface area contributed by atoms with E-state index in [1.165, 1.54) is 6.08 Å². The zero-order valence-electron chi connectivity index (χ0n) is 12.3. The molecule has 4 rings (SSSR count). The Bertz CT molecular complexity index is 814. The molecule has 1 unspecified atom stereocenters. The Hall–Kier alpha value is -3.08. The molecule has 0 amide bonds. The second-order valence-electron chi connectivity index (χ2n) is 5.25. The Labute approximate surface area is 133 Å². The average molecular weight is 306 g/mol. The van der Waals surface area contributed by atoms with Crippen LogP contribution in [-0.4, -0.2) is 24.3 Å². The maximum atomic E-state index is 10.7. The number of hydrogen-bond acceptors (Lipinski definition) is 5. The van der Waals surface area contributed by atoms with E-state index in [1.54, 1.807) is 17.4 Å². The van der Waals surface area contributed by atoms with E-state index in [0.717, 1.165) is 34.5 Å². The molecule has 0 radical (unpaired) electrons. The van der Waals surface area contributed by atoms with Crippen LogP contribution in [0.3, 0.4) is 0 Å². The fourth-order valence-corrected chi connectivity index (χ4v) is 2.88. The van der Waals surface area contributed by atoms with Crippen molar-refractivity contribution in [1.29, 1.82) is 0 Å². The SMILES string of the molecule is O=CC=CN1N=Cc2ccccc2C1c1ccc2c(c1)OCO2. The highest BCUT2D eigenvalue weighted by atomic mass is 16.7. The maximum Gasteiger partial charge on any atom is 0.231 e. The summed E-state index contributed by atoms with van der Waals surface area (Å²) in [5.74, 6) is 1.48. The lowest BCUT2D eigenvalue weighted by Crippen LogP contribution is -2.24. The van der Waals surface area contributed by atoms with Gasteiger partial charge in [-0.2, -0.15) is 5.10 Å². The minimum Gasteiger partial charge on any atom is -0.454 e. The number of ether oxygens (including phenoxy) is 2. The van der Waals surface area contributed by atoms with Crippen LogP contribution in [0.1, 0.15) is 22.7 Å². The molecule has 0 aliphatic carbocycles. The first-order valence-electron chi connectivity index (χ1n) is 7.29. The van der Waals surface area contributed by atoms with Gasteiger partial charge in [0, 0.05) is 11.8 Å². The smallest absolute Gasteiger partial charge is 0.231 e. The summed E-state index contributed by atoms with van der Waals surface area (Å²) < 4.78 is 10.9. The van der Waals surface area contributed by atoms with Crippen LogP contribution >= 0.6 is 0 Å². The summed E-state index contributed by atoms with van der Waals surface area (Å²) in [7, 11) is 0. The van der Waals surface area contributed by atoms with Crippen molar-refractivity contribution in [2.75, 3.05) is 6.79 Å². The fraction of sp³-hybridized carbons (Fsp3) is 0.111. The Kier molecular flexibility index (Phi) is 3.31. The summed E-state index contributed by atoms with van der Waals surface area (Å²) in [6.07, 6.45) is 5.65. The van der Waals surface area contributed by atoms with Gasteiger partial charge in [-0.25, -0.2) is 0 Å². The van der Waals surface area contributed by atoms with Gasteiger partial charge in [-0.15, -0.1) is 0 Å². The third-order valence-corrected chi connectivity index (χ3v) is 3.92. The Morgan fingerprint density at radius 2 is 2.00 bits per heavy atom. The second kappa shape index (κ2) is 5.61. The number of carbonyl (C=O) groups is 1. The molecule has 23 heavy (non-hydrogen) atoms. The molecule has 2 aliphatic heterocycles. The van der Waals surface area contributed by atoms with Crippen molar-refractivity contribution in [3.63, 3.8) is 0 Å². The summed E-state index contributed by atoms with van der Waals surface area (Å²) in [4.78, 5) is 10.7. The molecule has 5 nitrogen and oxygen atoms in total. The van der Waals surface area contributed by atoms with E-state index in [2.05, 4.69) is 11.2 Å². The van der Waals surface area contributed by atoms with Crippen LogP contribution < -0.4 is 9.47 Å². The number of hydrazone groups is 1. The summed E-state index contributed by atoms with van der Waals surface area (Å²) >= 11 is 0. The summed E-state index contributed by atoms with van der Waals surface area (Å²) in [6.45, 7) is 0.243. The number of fused-ring (bicyclic) bond motifs is 2. The predicted molar refractivity (Wildman–Crippen MR) is 85.5 cm³/mol. The van der Waals surface area contributed by atoms with Crippen LogP contribution in [0.25, 0.3) is 0 Å². The van der Waals surface area contributed by atoms with E-state index < -0.39 is 0 Å². The van der Waals surface area contributed by atoms with Crippen LogP contribution in [0.2, 0.25) is 0 Å². The number of hydrogen-bond donors (Lipinski definition) is 0. The lowest BCUT2D eigenvalue weighted by molar-refractivity contribution is -0.104. The highest BCUT2D eigenvalue weighted by Crippen LogP contribution is 2.39. The van der Waals surface area contributed by atoms with E-state index in [1.807, 2.05) is 36.4 Å². The molecular weight excluding hydrogens is 292 g/mol. The normalized spacial score (nSPS) is 18.3. The predicted octanol–water partition coefficient (Wildman–Crippen LogP) is 2.87. The summed E-state index contributed by atoms with van der Waals surface area (Å²) in [5.41, 5.74) is 3.21. The maximum absolute atomic E-state index is 10.7. The number of nitrogens with zero attached hydrogens (tertiary/aromatic N) is 2. The van der Waals surface area contributed by atoms with Crippen molar-refractivity contribution in [2.24, 2.45) is 5.10 Å². The number of benzene rings is 2. The van der Waals surface area contributed by atoms with Crippen LogP contribution in [0.5, 0.6) is 11.5 Å². The van der Waals surface area contributed by atoms with Gasteiger partial charge in [0.2, 0.25) is 6.79 Å². The number of carbonyl (C=O) groups excluding carboxylic acids is 1. The molecule has 0 fully saturated rings. The topological polar surface area (TPSA) is 51.1 Å². The highest BCUT2D eigenvalue weighted by Gasteiger charge is 2.27. The highest BCUT2D eigenvalue weighted by molar-refractivity contribution is 5.83. The standard InChI is InChI=1S/C18H14N2O3/c21-9-3-8-20-18(15-5-2-1-4-14(15)11-19-20)13-6-7-16-17(10-13)23-12-22-16/h1-11,18H,12H2. The van der Waals surface area contributed by atoms with E-state index in [0.29, 0.717) is 0 Å². The van der Waals surface area contributed by atoms with Crippen molar-refractivity contribution in [2.45, 2.75) is 6.04 Å². The molecule has 0 aromatic heterocycles. The average Bonchev–Trinajstić information content (AvgIpc) is 3.07. The molecule has 114 valence electrons. The second-order valence-corrected chi connectivity index (χ2v) is 5.25. The van der Waals surface area contributed by atoms with Gasteiger partial charge in [0.1, 0.15) is 12.3 Å². The van der Waals surface area contributed by atoms with Gasteiger partial charge in [-0.1, -0.05) is 30.3 Å². The van der Waals surface area contributed by atoms with Gasteiger partial charge in [0.15, 0.2) is 11.5 Å². The molecule has 0 saturated heterocycles. The van der Waals surface area contributed by atoms with Crippen LogP contribution in [0.4, 0.5) is 0 Å². The molecule has 2 aliphatic rings. The molecule has 0 bridgehead atoms. The number of aldehydes is 1. The Morgan fingerprint density at radius 1 is 1.13 bits per heavy atom. The molecule has 2 aromatic carbocycles. The number of allylic oxidation sites excluding steroid dienone is 1. The van der Waals surface area contributed by atoms with Gasteiger partial charge in [-0.3, -0.25) is 9.80 Å². The first-order chi connectivity index (χ1) is 11.4. The minimum atomic E-state index is -0.123. The number of rotatable bonds is 3. The molecule has 2 aromatic rings. The molecular formula is C18H14N2O3. The van der Waals surface area contributed by atoms with E-state index in [-0.39, 0.29) is 12.8 Å². The lowest BCUT2D eigenvalue weighted by atomic mass is 9.93. The van der Waals surface area contributed by atoms with Crippen LogP contribution in [-0.2, 0) is 4.79 Å². The zero-order chi connectivity index (χ0) is 15.6. The molecule has 2 heterocycles. The Balaban J connectivity index is 1.82. The van der Waals surface area contributed by atoms with Gasteiger partial charge in [-0.05, 0) is 29.3 Å². The van der Waals surface area contributed by atoms with Gasteiger partial charge in [0.25, 0.3) is 0 Å². The van der Waals surface area contributed by atoms with Gasteiger partial charge >= 0.3 is 0 Å². The van der Waals surface area contributed by atoms with E-state index in [4.69, 9.17) is 9.47 Å². The molecule has 1 atom stereocenters. The minimum absolute atomic E-state index is 0.123. The third kappa shape index (κ3) is 2.36. The molecule has 5 heteroatoms. The van der Waals surface area contributed by atoms with Crippen molar-refractivity contribution >= 4 is 12.5 Å². The molecule has 0 N–H and O–H groups in total. The summed E-state index contributed by atoms with van der Waals surface area (Å²) in [5, 5.41) is 6.22. The monoisotopic (exact) mass is 306 g/mol. The summed E-state index contributed by atoms with van der Waals surface area (Å²) in [6, 6.07) is 13.8. The van der Waals surface area contributed by atoms with E-state index in [9.17, 15) is 4.79 Å². The van der Waals surface area contributed by atoms with Crippen molar-refractivity contribution < 1.29 is 14.3 Å². The lowest BCUT2D eigenvalue weighted by Gasteiger charge is -2.31. The first kappa shape index (κ1) is 13.6. The largest absolute Gasteiger partial charge is 0.454 e. The Morgan fingerprint density at radius 3 is 2.91 bits per heavy atom. The molecule has 0 saturated carbocycles. The quantitative estimate of drug-likeness (QED) is 0.646. The van der Waals surface area contributed by atoms with Crippen molar-refractivity contribution in [1.82, 2.24) is 5.01 Å². The van der Waals surface area contributed by atoms with Crippen molar-refractivity contribution in [3.8, 4) is 11.5 Å². The van der Waals surface area contributed by atoms with Crippen molar-refractivity contribution in [3.05, 3.63) is 71.4 Å². The van der Waals surface area contributed by atoms with Crippen LogP contribution in [0, 0.1) is 0 Å². The van der Waals surface area contributed by atoms with E-state index >= 15 is 0 Å². The van der Waals surface area contributed by atoms with Crippen LogP contribution in [0.15, 0.2) is 59.8 Å². The fourth-order valence-electron chi connectivity index (χ4n) is 2.88. The first-order valence-corrected chi connectivity index (χ1v) is 7.29.